The highest BCUT2D eigenvalue weighted by molar-refractivity contribution is 6.30. The van der Waals surface area contributed by atoms with E-state index < -0.39 is 0 Å². The summed E-state index contributed by atoms with van der Waals surface area (Å²) in [6.07, 6.45) is 3.51. The molecule has 5 rings (SSSR count). The molecule has 1 aromatic heterocycles. The van der Waals surface area contributed by atoms with E-state index in [0.717, 1.165) is 35.3 Å². The highest BCUT2D eigenvalue weighted by Gasteiger charge is 2.39. The van der Waals surface area contributed by atoms with Crippen LogP contribution >= 0.6 is 11.6 Å². The Kier molecular flexibility index (Phi) is 6.00. The predicted molar refractivity (Wildman–Crippen MR) is 126 cm³/mol. The molecule has 1 N–H and O–H groups in total. The number of fused-ring (bicyclic) bond motifs is 3. The number of nitrogens with one attached hydrogen (secondary N) is 1. The van der Waals surface area contributed by atoms with Gasteiger partial charge in [-0.3, -0.25) is 14.4 Å². The molecule has 0 spiro atoms. The van der Waals surface area contributed by atoms with E-state index >= 15 is 0 Å². The monoisotopic (exact) mass is 450 g/mol. The lowest BCUT2D eigenvalue weighted by Gasteiger charge is -2.48. The number of halogens is 1. The third kappa shape index (κ3) is 4.18. The number of benzene rings is 2. The quantitative estimate of drug-likeness (QED) is 0.576. The maximum absolute atomic E-state index is 13.2. The van der Waals surface area contributed by atoms with E-state index in [1.807, 2.05) is 41.1 Å². The summed E-state index contributed by atoms with van der Waals surface area (Å²) in [4.78, 5) is 15.7. The van der Waals surface area contributed by atoms with Crippen molar-refractivity contribution in [3.05, 3.63) is 77.5 Å². The summed E-state index contributed by atoms with van der Waals surface area (Å²) in [5, 5.41) is 9.47. The van der Waals surface area contributed by atoms with Crippen LogP contribution in [-0.4, -0.2) is 51.9 Å². The molecule has 2 aliphatic heterocycles. The SMILES string of the molecule is C=CCn1nc(C(=O)N[C@H]2C[C@H]3COC[C@@H](C2)N3Cc2ccc(Cl)cc2)c2ccccc21. The Morgan fingerprint density at radius 3 is 2.59 bits per heavy atom. The Bertz CT molecular complexity index is 1110. The number of amides is 1. The van der Waals surface area contributed by atoms with Crippen molar-refractivity contribution in [3.8, 4) is 0 Å². The van der Waals surface area contributed by atoms with Gasteiger partial charge in [0.1, 0.15) is 0 Å². The van der Waals surface area contributed by atoms with Gasteiger partial charge >= 0.3 is 0 Å². The summed E-state index contributed by atoms with van der Waals surface area (Å²) >= 11 is 6.04. The molecule has 2 aliphatic rings. The standard InChI is InChI=1S/C25H27ClN4O2/c1-2-11-30-23-6-4-3-5-22(23)24(28-30)25(31)27-19-12-20-15-32-16-21(13-19)29(20)14-17-7-9-18(26)10-8-17/h2-10,19-21H,1,11-16H2,(H,27,31)/t19-,20-,21+. The zero-order valence-electron chi connectivity index (χ0n) is 17.9. The van der Waals surface area contributed by atoms with E-state index in [4.69, 9.17) is 16.3 Å². The third-order valence-corrected chi connectivity index (χ3v) is 6.71. The van der Waals surface area contributed by atoms with Gasteiger partial charge in [-0.05, 0) is 36.6 Å². The van der Waals surface area contributed by atoms with Gasteiger partial charge in [-0.15, -0.1) is 6.58 Å². The summed E-state index contributed by atoms with van der Waals surface area (Å²) in [6.45, 7) is 6.61. The van der Waals surface area contributed by atoms with Crippen LogP contribution in [0.4, 0.5) is 0 Å². The van der Waals surface area contributed by atoms with Crippen molar-refractivity contribution in [2.75, 3.05) is 13.2 Å². The highest BCUT2D eigenvalue weighted by atomic mass is 35.5. The molecule has 0 aliphatic carbocycles. The smallest absolute Gasteiger partial charge is 0.272 e. The summed E-state index contributed by atoms with van der Waals surface area (Å²) in [7, 11) is 0. The van der Waals surface area contributed by atoms with E-state index in [1.54, 1.807) is 6.08 Å². The molecule has 32 heavy (non-hydrogen) atoms. The number of carbonyl (C=O) groups excluding carboxylic acids is 1. The molecule has 0 unspecified atom stereocenters. The molecule has 2 bridgehead atoms. The molecular weight excluding hydrogens is 424 g/mol. The average Bonchev–Trinajstić information content (AvgIpc) is 3.15. The van der Waals surface area contributed by atoms with Crippen LogP contribution in [0.5, 0.6) is 0 Å². The van der Waals surface area contributed by atoms with Crippen LogP contribution in [0.1, 0.15) is 28.9 Å². The van der Waals surface area contributed by atoms with Crippen LogP contribution in [0.15, 0.2) is 61.2 Å². The van der Waals surface area contributed by atoms with Gasteiger partial charge < -0.3 is 10.1 Å². The topological polar surface area (TPSA) is 59.4 Å². The van der Waals surface area contributed by atoms with Gasteiger partial charge in [0.25, 0.3) is 5.91 Å². The minimum Gasteiger partial charge on any atom is -0.378 e. The van der Waals surface area contributed by atoms with Crippen molar-refractivity contribution in [2.45, 2.75) is 44.1 Å². The van der Waals surface area contributed by atoms with Gasteiger partial charge in [0, 0.05) is 35.1 Å². The summed E-state index contributed by atoms with van der Waals surface area (Å²) < 4.78 is 7.68. The van der Waals surface area contributed by atoms with E-state index in [1.165, 1.54) is 5.56 Å². The molecule has 6 nitrogen and oxygen atoms in total. The Morgan fingerprint density at radius 1 is 1.16 bits per heavy atom. The minimum atomic E-state index is -0.112. The van der Waals surface area contributed by atoms with E-state index in [-0.39, 0.29) is 24.0 Å². The molecular formula is C25H27ClN4O2. The average molecular weight is 451 g/mol. The molecule has 166 valence electrons. The van der Waals surface area contributed by atoms with Crippen LogP contribution in [0, 0.1) is 0 Å². The van der Waals surface area contributed by atoms with E-state index in [0.29, 0.717) is 25.5 Å². The fourth-order valence-electron chi connectivity index (χ4n) is 4.98. The fraction of sp³-hybridized carbons (Fsp3) is 0.360. The number of ether oxygens (including phenoxy) is 1. The van der Waals surface area contributed by atoms with Gasteiger partial charge in [0.05, 0.1) is 25.3 Å². The second kappa shape index (κ2) is 9.06. The van der Waals surface area contributed by atoms with Crippen LogP contribution < -0.4 is 5.32 Å². The molecule has 2 fully saturated rings. The summed E-state index contributed by atoms with van der Waals surface area (Å²) in [6, 6.07) is 16.5. The Hall–Kier alpha value is -2.67. The minimum absolute atomic E-state index is 0.103. The van der Waals surface area contributed by atoms with Crippen molar-refractivity contribution in [1.29, 1.82) is 0 Å². The second-order valence-corrected chi connectivity index (χ2v) is 9.06. The zero-order valence-corrected chi connectivity index (χ0v) is 18.7. The van der Waals surface area contributed by atoms with Crippen molar-refractivity contribution >= 4 is 28.4 Å². The Morgan fingerprint density at radius 2 is 1.88 bits per heavy atom. The Labute approximate surface area is 192 Å². The number of para-hydroxylation sites is 1. The number of allylic oxidation sites excluding steroid dienone is 1. The van der Waals surface area contributed by atoms with Crippen LogP contribution in [0.3, 0.4) is 0 Å². The molecule has 3 heterocycles. The van der Waals surface area contributed by atoms with Gasteiger partial charge in [-0.2, -0.15) is 5.10 Å². The molecule has 0 saturated carbocycles. The van der Waals surface area contributed by atoms with E-state index in [2.05, 4.69) is 34.0 Å². The number of rotatable bonds is 6. The number of hydrogen-bond acceptors (Lipinski definition) is 4. The maximum atomic E-state index is 13.2. The Balaban J connectivity index is 1.30. The predicted octanol–water partition coefficient (Wildman–Crippen LogP) is 4.04. The number of nitrogens with zero attached hydrogens (tertiary/aromatic N) is 3. The normalized spacial score (nSPS) is 23.2. The van der Waals surface area contributed by atoms with Crippen LogP contribution in [0.2, 0.25) is 5.02 Å². The molecule has 3 aromatic rings. The van der Waals surface area contributed by atoms with E-state index in [9.17, 15) is 4.79 Å². The van der Waals surface area contributed by atoms with Crippen molar-refractivity contribution in [3.63, 3.8) is 0 Å². The number of aromatic nitrogens is 2. The molecule has 2 aromatic carbocycles. The van der Waals surface area contributed by atoms with Crippen LogP contribution in [0.25, 0.3) is 10.9 Å². The zero-order chi connectivity index (χ0) is 22.1. The molecule has 0 radical (unpaired) electrons. The number of morpholine rings is 1. The first kappa shape index (κ1) is 21.2. The maximum Gasteiger partial charge on any atom is 0.272 e. The highest BCUT2D eigenvalue weighted by Crippen LogP contribution is 2.30. The third-order valence-electron chi connectivity index (χ3n) is 6.46. The molecule has 2 saturated heterocycles. The fourth-order valence-corrected chi connectivity index (χ4v) is 5.10. The summed E-state index contributed by atoms with van der Waals surface area (Å²) in [5.74, 6) is -0.112. The van der Waals surface area contributed by atoms with Crippen molar-refractivity contribution < 1.29 is 9.53 Å². The lowest BCUT2D eigenvalue weighted by molar-refractivity contribution is -0.0843. The van der Waals surface area contributed by atoms with Crippen molar-refractivity contribution in [2.24, 2.45) is 0 Å². The molecule has 1 amide bonds. The van der Waals surface area contributed by atoms with Crippen molar-refractivity contribution in [1.82, 2.24) is 20.0 Å². The second-order valence-electron chi connectivity index (χ2n) is 8.62. The van der Waals surface area contributed by atoms with Gasteiger partial charge in [0.15, 0.2) is 5.69 Å². The first-order chi connectivity index (χ1) is 15.6. The lowest BCUT2D eigenvalue weighted by atomic mass is 9.89. The number of hydrogen-bond donors (Lipinski definition) is 1. The first-order valence-electron chi connectivity index (χ1n) is 11.1. The van der Waals surface area contributed by atoms with Crippen LogP contribution in [-0.2, 0) is 17.8 Å². The lowest BCUT2D eigenvalue weighted by Crippen LogP contribution is -2.60. The van der Waals surface area contributed by atoms with Gasteiger partial charge in [-0.1, -0.05) is 48.0 Å². The number of piperidine rings is 1. The largest absolute Gasteiger partial charge is 0.378 e. The first-order valence-corrected chi connectivity index (χ1v) is 11.5. The molecule has 3 atom stereocenters. The summed E-state index contributed by atoms with van der Waals surface area (Å²) in [5.41, 5.74) is 2.67. The van der Waals surface area contributed by atoms with Gasteiger partial charge in [0.2, 0.25) is 0 Å². The molecule has 7 heteroatoms. The number of carbonyl (C=O) groups is 1. The van der Waals surface area contributed by atoms with Gasteiger partial charge in [-0.25, -0.2) is 0 Å².